The summed E-state index contributed by atoms with van der Waals surface area (Å²) in [6.45, 7) is 7.62. The Hall–Kier alpha value is -1.85. The first-order valence-corrected chi connectivity index (χ1v) is 11.7. The summed E-state index contributed by atoms with van der Waals surface area (Å²) < 4.78 is 16.1. The maximum Gasteiger partial charge on any atom is 0.178 e. The Morgan fingerprint density at radius 2 is 2.00 bits per heavy atom. The van der Waals surface area contributed by atoms with E-state index in [1.165, 1.54) is 11.1 Å². The summed E-state index contributed by atoms with van der Waals surface area (Å²) in [7, 11) is 0. The predicted octanol–water partition coefficient (Wildman–Crippen LogP) is 3.94. The lowest BCUT2D eigenvalue weighted by molar-refractivity contribution is 0.176. The lowest BCUT2D eigenvalue weighted by Crippen LogP contribution is -2.49. The SMILES string of the molecule is CC(C)(C)[S@@+]([O-])N[C@@H]1c2ccccc2CC12CCN(c1cnc(C#N)c(Cl)n1)CC2. The van der Waals surface area contributed by atoms with Crippen LogP contribution in [0.4, 0.5) is 5.82 Å². The molecule has 1 aliphatic heterocycles. The molecule has 0 radical (unpaired) electrons. The van der Waals surface area contributed by atoms with Crippen molar-refractivity contribution < 1.29 is 4.55 Å². The molecule has 2 atom stereocenters. The van der Waals surface area contributed by atoms with Crippen molar-refractivity contribution in [1.82, 2.24) is 14.7 Å². The molecule has 0 unspecified atom stereocenters. The molecule has 2 aliphatic rings. The third-order valence-electron chi connectivity index (χ3n) is 6.21. The van der Waals surface area contributed by atoms with Crippen molar-refractivity contribution in [3.8, 4) is 6.07 Å². The molecule has 4 rings (SSSR count). The van der Waals surface area contributed by atoms with Gasteiger partial charge in [-0.15, -0.1) is 4.72 Å². The molecule has 1 aliphatic carbocycles. The number of hydrogen-bond acceptors (Lipinski definition) is 6. The molecule has 1 N–H and O–H groups in total. The van der Waals surface area contributed by atoms with Gasteiger partial charge in [0.2, 0.25) is 0 Å². The summed E-state index contributed by atoms with van der Waals surface area (Å²) in [5, 5.41) is 9.16. The largest absolute Gasteiger partial charge is 0.598 e. The highest BCUT2D eigenvalue weighted by Gasteiger charge is 2.50. The maximum atomic E-state index is 13.0. The van der Waals surface area contributed by atoms with Crippen LogP contribution in [0, 0.1) is 16.7 Å². The van der Waals surface area contributed by atoms with Gasteiger partial charge in [0.05, 0.1) is 12.2 Å². The van der Waals surface area contributed by atoms with Gasteiger partial charge >= 0.3 is 0 Å². The zero-order valence-corrected chi connectivity index (χ0v) is 19.1. The number of nitrogens with zero attached hydrogens (tertiary/aromatic N) is 4. The second-order valence-corrected chi connectivity index (χ2v) is 11.5. The first-order valence-electron chi connectivity index (χ1n) is 10.2. The average molecular weight is 444 g/mol. The van der Waals surface area contributed by atoms with Crippen LogP contribution < -0.4 is 9.62 Å². The van der Waals surface area contributed by atoms with Crippen LogP contribution in [0.3, 0.4) is 0 Å². The van der Waals surface area contributed by atoms with Crippen molar-refractivity contribution in [1.29, 1.82) is 5.26 Å². The topological polar surface area (TPSA) is 87.9 Å². The van der Waals surface area contributed by atoms with E-state index in [4.69, 9.17) is 16.9 Å². The van der Waals surface area contributed by atoms with Crippen LogP contribution in [0.15, 0.2) is 30.5 Å². The highest BCUT2D eigenvalue weighted by atomic mass is 35.5. The van der Waals surface area contributed by atoms with Gasteiger partial charge in [-0.3, -0.25) is 0 Å². The van der Waals surface area contributed by atoms with Crippen LogP contribution in [0.5, 0.6) is 0 Å². The van der Waals surface area contributed by atoms with Gasteiger partial charge in [-0.2, -0.15) is 5.26 Å². The summed E-state index contributed by atoms with van der Waals surface area (Å²) >= 11 is 4.94. The molecule has 0 bridgehead atoms. The van der Waals surface area contributed by atoms with E-state index in [9.17, 15) is 4.55 Å². The highest BCUT2D eigenvalue weighted by Crippen LogP contribution is 2.52. The minimum absolute atomic E-state index is 0.0188. The highest BCUT2D eigenvalue weighted by molar-refractivity contribution is 7.90. The van der Waals surface area contributed by atoms with E-state index in [0.29, 0.717) is 5.82 Å². The van der Waals surface area contributed by atoms with E-state index in [1.54, 1.807) is 6.20 Å². The Morgan fingerprint density at radius 3 is 2.63 bits per heavy atom. The molecule has 158 valence electrons. The lowest BCUT2D eigenvalue weighted by atomic mass is 9.73. The summed E-state index contributed by atoms with van der Waals surface area (Å²) in [6.07, 6.45) is 4.49. The van der Waals surface area contributed by atoms with E-state index in [-0.39, 0.29) is 27.1 Å². The van der Waals surface area contributed by atoms with Gasteiger partial charge in [0, 0.05) is 29.9 Å². The monoisotopic (exact) mass is 443 g/mol. The molecule has 1 fully saturated rings. The van der Waals surface area contributed by atoms with Gasteiger partial charge in [-0.1, -0.05) is 35.9 Å². The zero-order valence-electron chi connectivity index (χ0n) is 17.5. The van der Waals surface area contributed by atoms with E-state index < -0.39 is 11.4 Å². The van der Waals surface area contributed by atoms with E-state index in [2.05, 4.69) is 43.9 Å². The van der Waals surface area contributed by atoms with Gasteiger partial charge in [0.1, 0.15) is 16.6 Å². The van der Waals surface area contributed by atoms with Gasteiger partial charge in [0.15, 0.2) is 10.8 Å². The zero-order chi connectivity index (χ0) is 21.5. The number of anilines is 1. The van der Waals surface area contributed by atoms with Crippen LogP contribution in [0.2, 0.25) is 5.15 Å². The number of fused-ring (bicyclic) bond motifs is 1. The Morgan fingerprint density at radius 1 is 1.30 bits per heavy atom. The molecule has 30 heavy (non-hydrogen) atoms. The molecule has 2 heterocycles. The second-order valence-electron chi connectivity index (χ2n) is 9.14. The normalized spacial score (nSPS) is 21.3. The lowest BCUT2D eigenvalue weighted by Gasteiger charge is -2.44. The van der Waals surface area contributed by atoms with Crippen LogP contribution >= 0.6 is 11.6 Å². The summed E-state index contributed by atoms with van der Waals surface area (Å²) in [4.78, 5) is 10.7. The third-order valence-corrected chi connectivity index (χ3v) is 8.03. The predicted molar refractivity (Wildman–Crippen MR) is 120 cm³/mol. The quantitative estimate of drug-likeness (QED) is 0.723. The Kier molecular flexibility index (Phi) is 5.71. The molecular formula is C22H26ClN5OS. The molecule has 0 saturated carbocycles. The minimum Gasteiger partial charge on any atom is -0.598 e. The molecule has 2 aromatic rings. The van der Waals surface area contributed by atoms with Crippen molar-refractivity contribution >= 4 is 28.8 Å². The molecule has 1 aromatic heterocycles. The first-order chi connectivity index (χ1) is 14.2. The number of aromatic nitrogens is 2. The number of benzene rings is 1. The van der Waals surface area contributed by atoms with Crippen molar-refractivity contribution in [2.75, 3.05) is 18.0 Å². The maximum absolute atomic E-state index is 13.0. The Labute approximate surface area is 186 Å². The fourth-order valence-corrected chi connectivity index (χ4v) is 5.61. The number of rotatable bonds is 3. The molecular weight excluding hydrogens is 418 g/mol. The number of piperidine rings is 1. The third kappa shape index (κ3) is 3.90. The van der Waals surface area contributed by atoms with Crippen molar-refractivity contribution in [3.05, 3.63) is 52.4 Å². The van der Waals surface area contributed by atoms with Gasteiger partial charge in [-0.25, -0.2) is 9.97 Å². The van der Waals surface area contributed by atoms with Gasteiger partial charge in [-0.05, 0) is 51.2 Å². The van der Waals surface area contributed by atoms with Crippen LogP contribution in [-0.2, 0) is 17.8 Å². The molecule has 0 amide bonds. The van der Waals surface area contributed by atoms with E-state index in [1.807, 2.05) is 26.8 Å². The smallest absolute Gasteiger partial charge is 0.178 e. The first kappa shape index (κ1) is 21.4. The number of hydrogen-bond donors (Lipinski definition) is 1. The van der Waals surface area contributed by atoms with Gasteiger partial charge in [0.25, 0.3) is 0 Å². The fourth-order valence-electron chi connectivity index (χ4n) is 4.49. The summed E-state index contributed by atoms with van der Waals surface area (Å²) in [5.41, 5.74) is 2.78. The second kappa shape index (κ2) is 8.01. The van der Waals surface area contributed by atoms with Crippen molar-refractivity contribution in [2.45, 2.75) is 50.8 Å². The molecule has 8 heteroatoms. The van der Waals surface area contributed by atoms with Crippen LogP contribution in [0.1, 0.15) is 56.5 Å². The molecule has 1 saturated heterocycles. The van der Waals surface area contributed by atoms with Crippen molar-refractivity contribution in [3.63, 3.8) is 0 Å². The summed E-state index contributed by atoms with van der Waals surface area (Å²) in [6, 6.07) is 10.5. The minimum atomic E-state index is -1.15. The number of halogens is 1. The molecule has 1 spiro atoms. The van der Waals surface area contributed by atoms with E-state index >= 15 is 0 Å². The van der Waals surface area contributed by atoms with Crippen LogP contribution in [0.25, 0.3) is 0 Å². The Balaban J connectivity index is 1.56. The average Bonchev–Trinajstić information content (AvgIpc) is 3.00. The molecule has 1 aromatic carbocycles. The molecule has 6 nitrogen and oxygen atoms in total. The number of nitrogens with one attached hydrogen (secondary N) is 1. The Bertz CT molecular complexity index is 978. The van der Waals surface area contributed by atoms with Gasteiger partial charge < -0.3 is 9.45 Å². The number of nitriles is 1. The van der Waals surface area contributed by atoms with Crippen LogP contribution in [-0.4, -0.2) is 32.4 Å². The fraction of sp³-hybridized carbons (Fsp3) is 0.500. The van der Waals surface area contributed by atoms with E-state index in [0.717, 1.165) is 32.4 Å². The summed E-state index contributed by atoms with van der Waals surface area (Å²) in [5.74, 6) is 0.701. The van der Waals surface area contributed by atoms with Crippen molar-refractivity contribution in [2.24, 2.45) is 5.41 Å². The standard InChI is InChI=1S/C22H26ClN5OS/c1-21(2,3)30(29)27-19-16-7-5-4-6-15(16)12-22(19)8-10-28(11-9-22)18-14-25-17(13-24)20(23)26-18/h4-7,14,19,27H,8-12H2,1-3H3/t19-,30-/m1/s1.